The molecule has 0 bridgehead atoms. The summed E-state index contributed by atoms with van der Waals surface area (Å²) in [6, 6.07) is 27.0. The van der Waals surface area contributed by atoms with Crippen molar-refractivity contribution in [2.24, 2.45) is 0 Å². The molecule has 0 fully saturated rings. The lowest BCUT2D eigenvalue weighted by atomic mass is 10.0. The van der Waals surface area contributed by atoms with Gasteiger partial charge in [-0.1, -0.05) is 74.0 Å². The normalized spacial score (nSPS) is 12.2. The summed E-state index contributed by atoms with van der Waals surface area (Å²) >= 11 is 1.92. The molecule has 28 heavy (non-hydrogen) atoms. The van der Waals surface area contributed by atoms with E-state index in [1.165, 1.54) is 65.6 Å². The number of thiophene rings is 1. The van der Waals surface area contributed by atoms with Crippen LogP contribution in [0, 0.1) is 0 Å². The molecule has 2 heteroatoms. The molecular weight excluding hydrogens is 358 g/mol. The monoisotopic (exact) mass is 379 g/mol. The van der Waals surface area contributed by atoms with Crippen LogP contribution in [0.25, 0.3) is 52.8 Å². The van der Waals surface area contributed by atoms with Crippen molar-refractivity contribution >= 4 is 64.1 Å². The summed E-state index contributed by atoms with van der Waals surface area (Å²) < 4.78 is 5.33. The Morgan fingerprint density at radius 1 is 0.679 bits per heavy atom. The van der Waals surface area contributed by atoms with E-state index in [1.807, 2.05) is 11.3 Å². The SMILES string of the molecule is CCCCn1c2ccccc2c2ccc3c(ccc4c5ccccc5sc43)c21. The van der Waals surface area contributed by atoms with Crippen LogP contribution in [-0.2, 0) is 6.54 Å². The molecule has 0 aliphatic heterocycles. The van der Waals surface area contributed by atoms with E-state index in [9.17, 15) is 0 Å². The molecule has 0 spiro atoms. The number of unbranched alkanes of at least 4 members (excludes halogenated alkanes) is 1. The van der Waals surface area contributed by atoms with E-state index in [2.05, 4.69) is 84.3 Å². The molecule has 0 unspecified atom stereocenters. The summed E-state index contributed by atoms with van der Waals surface area (Å²) in [5.41, 5.74) is 2.75. The van der Waals surface area contributed by atoms with Crippen molar-refractivity contribution in [3.8, 4) is 0 Å². The van der Waals surface area contributed by atoms with E-state index >= 15 is 0 Å². The second-order valence-corrected chi connectivity index (χ2v) is 8.67. The third-order valence-electron chi connectivity index (χ3n) is 6.00. The predicted octanol–water partition coefficient (Wildman–Crippen LogP) is 8.12. The lowest BCUT2D eigenvalue weighted by Crippen LogP contribution is -1.97. The van der Waals surface area contributed by atoms with Crippen molar-refractivity contribution in [2.75, 3.05) is 0 Å². The van der Waals surface area contributed by atoms with Gasteiger partial charge in [-0.2, -0.15) is 0 Å². The summed E-state index contributed by atoms with van der Waals surface area (Å²) in [5.74, 6) is 0. The molecule has 0 saturated carbocycles. The van der Waals surface area contributed by atoms with Crippen molar-refractivity contribution in [3.05, 3.63) is 72.8 Å². The lowest BCUT2D eigenvalue weighted by molar-refractivity contribution is 0.666. The van der Waals surface area contributed by atoms with Crippen molar-refractivity contribution in [2.45, 2.75) is 26.3 Å². The summed E-state index contributed by atoms with van der Waals surface area (Å²) in [4.78, 5) is 0. The molecule has 0 amide bonds. The fourth-order valence-electron chi connectivity index (χ4n) is 4.69. The smallest absolute Gasteiger partial charge is 0.0571 e. The van der Waals surface area contributed by atoms with Gasteiger partial charge >= 0.3 is 0 Å². The van der Waals surface area contributed by atoms with Gasteiger partial charge in [0.05, 0.1) is 5.52 Å². The van der Waals surface area contributed by atoms with Crippen LogP contribution < -0.4 is 0 Å². The maximum Gasteiger partial charge on any atom is 0.0571 e. The Bertz CT molecular complexity index is 1500. The van der Waals surface area contributed by atoms with Gasteiger partial charge in [-0.25, -0.2) is 0 Å². The van der Waals surface area contributed by atoms with Crippen LogP contribution in [0.1, 0.15) is 19.8 Å². The molecule has 136 valence electrons. The molecule has 0 radical (unpaired) electrons. The summed E-state index contributed by atoms with van der Waals surface area (Å²) in [5, 5.41) is 8.25. The molecule has 1 nitrogen and oxygen atoms in total. The van der Waals surface area contributed by atoms with Gasteiger partial charge in [0.2, 0.25) is 0 Å². The molecule has 2 heterocycles. The average Bonchev–Trinajstić information content (AvgIpc) is 3.28. The molecule has 4 aromatic carbocycles. The number of para-hydroxylation sites is 1. The third-order valence-corrected chi connectivity index (χ3v) is 7.22. The zero-order chi connectivity index (χ0) is 18.7. The first-order valence-corrected chi connectivity index (χ1v) is 10.9. The number of aryl methyl sites for hydroxylation is 1. The minimum atomic E-state index is 1.07. The van der Waals surface area contributed by atoms with E-state index in [4.69, 9.17) is 0 Å². The Morgan fingerprint density at radius 3 is 2.14 bits per heavy atom. The fourth-order valence-corrected chi connectivity index (χ4v) is 5.92. The van der Waals surface area contributed by atoms with Crippen molar-refractivity contribution in [1.29, 1.82) is 0 Å². The largest absolute Gasteiger partial charge is 0.340 e. The van der Waals surface area contributed by atoms with Gasteiger partial charge in [0, 0.05) is 53.8 Å². The van der Waals surface area contributed by atoms with E-state index in [1.54, 1.807) is 0 Å². The molecule has 6 aromatic rings. The first-order valence-electron chi connectivity index (χ1n) is 10.1. The highest BCUT2D eigenvalue weighted by atomic mass is 32.1. The molecule has 0 N–H and O–H groups in total. The molecule has 0 atom stereocenters. The van der Waals surface area contributed by atoms with Crippen LogP contribution in [0.4, 0.5) is 0 Å². The quantitative estimate of drug-likeness (QED) is 0.292. The number of nitrogens with zero attached hydrogens (tertiary/aromatic N) is 1. The Hall–Kier alpha value is -2.84. The van der Waals surface area contributed by atoms with E-state index < -0.39 is 0 Å². The molecule has 6 rings (SSSR count). The van der Waals surface area contributed by atoms with Crippen LogP contribution in [0.15, 0.2) is 72.8 Å². The topological polar surface area (TPSA) is 4.93 Å². The van der Waals surface area contributed by atoms with Gasteiger partial charge in [0.1, 0.15) is 0 Å². The first kappa shape index (κ1) is 16.1. The van der Waals surface area contributed by atoms with Gasteiger partial charge in [-0.3, -0.25) is 0 Å². The van der Waals surface area contributed by atoms with Crippen molar-refractivity contribution < 1.29 is 0 Å². The minimum Gasteiger partial charge on any atom is -0.340 e. The minimum absolute atomic E-state index is 1.07. The number of aromatic nitrogens is 1. The molecule has 0 aliphatic carbocycles. The van der Waals surface area contributed by atoms with E-state index in [0.717, 1.165) is 6.54 Å². The molecular formula is C26H21NS. The van der Waals surface area contributed by atoms with E-state index in [-0.39, 0.29) is 0 Å². The summed E-state index contributed by atoms with van der Waals surface area (Å²) in [7, 11) is 0. The predicted molar refractivity (Wildman–Crippen MR) is 125 cm³/mol. The van der Waals surface area contributed by atoms with Gasteiger partial charge in [0.25, 0.3) is 0 Å². The van der Waals surface area contributed by atoms with Crippen LogP contribution >= 0.6 is 11.3 Å². The maximum absolute atomic E-state index is 2.55. The zero-order valence-electron chi connectivity index (χ0n) is 15.9. The molecule has 0 aliphatic rings. The highest BCUT2D eigenvalue weighted by Gasteiger charge is 2.15. The zero-order valence-corrected chi connectivity index (χ0v) is 16.7. The van der Waals surface area contributed by atoms with E-state index in [0.29, 0.717) is 0 Å². The average molecular weight is 380 g/mol. The van der Waals surface area contributed by atoms with Gasteiger partial charge < -0.3 is 4.57 Å². The van der Waals surface area contributed by atoms with Crippen LogP contribution in [0.3, 0.4) is 0 Å². The highest BCUT2D eigenvalue weighted by Crippen LogP contribution is 2.42. The Labute approximate surface area is 167 Å². The molecule has 0 saturated heterocycles. The first-order chi connectivity index (χ1) is 13.9. The van der Waals surface area contributed by atoms with Crippen LogP contribution in [-0.4, -0.2) is 4.57 Å². The molecule has 2 aromatic heterocycles. The number of hydrogen-bond acceptors (Lipinski definition) is 1. The van der Waals surface area contributed by atoms with Crippen molar-refractivity contribution in [3.63, 3.8) is 0 Å². The van der Waals surface area contributed by atoms with Crippen LogP contribution in [0.2, 0.25) is 0 Å². The van der Waals surface area contributed by atoms with Gasteiger partial charge in [-0.05, 0) is 18.6 Å². The summed E-state index contributed by atoms with van der Waals surface area (Å²) in [6.45, 7) is 3.34. The Kier molecular flexibility index (Phi) is 3.51. The Morgan fingerprint density at radius 2 is 1.32 bits per heavy atom. The second kappa shape index (κ2) is 6.08. The van der Waals surface area contributed by atoms with Gasteiger partial charge in [-0.15, -0.1) is 11.3 Å². The number of hydrogen-bond donors (Lipinski definition) is 0. The highest BCUT2D eigenvalue weighted by molar-refractivity contribution is 7.26. The third kappa shape index (κ3) is 2.12. The maximum atomic E-state index is 2.55. The number of fused-ring (bicyclic) bond motifs is 9. The summed E-state index contributed by atoms with van der Waals surface area (Å²) in [6.07, 6.45) is 2.41. The number of benzene rings is 4. The lowest BCUT2D eigenvalue weighted by Gasteiger charge is -2.09. The standard InChI is InChI=1S/C26H21NS/c1-2-3-16-27-23-10-6-4-8-17(23)19-12-15-22-20(25(19)27)13-14-21-18-9-5-7-11-24(18)28-26(21)22/h4-15H,2-3,16H2,1H3. The Balaban J connectivity index is 1.80. The van der Waals surface area contributed by atoms with Crippen LogP contribution in [0.5, 0.6) is 0 Å². The van der Waals surface area contributed by atoms with Gasteiger partial charge in [0.15, 0.2) is 0 Å². The second-order valence-electron chi connectivity index (χ2n) is 7.62. The number of rotatable bonds is 3. The van der Waals surface area contributed by atoms with Crippen molar-refractivity contribution in [1.82, 2.24) is 4.57 Å². The fraction of sp³-hybridized carbons (Fsp3) is 0.154.